The van der Waals surface area contributed by atoms with Gasteiger partial charge in [-0.25, -0.2) is 4.98 Å². The van der Waals surface area contributed by atoms with Gasteiger partial charge in [-0.2, -0.15) is 5.10 Å². The molecule has 1 aliphatic rings. The highest BCUT2D eigenvalue weighted by molar-refractivity contribution is 5.94. The van der Waals surface area contributed by atoms with E-state index in [0.29, 0.717) is 24.0 Å². The maximum atomic E-state index is 12.8. The van der Waals surface area contributed by atoms with Gasteiger partial charge in [0.15, 0.2) is 0 Å². The molecule has 0 N–H and O–H groups in total. The number of hydrogen-bond donors (Lipinski definition) is 0. The van der Waals surface area contributed by atoms with Crippen LogP contribution < -0.4 is 4.74 Å². The van der Waals surface area contributed by atoms with Crippen LogP contribution in [0.4, 0.5) is 0 Å². The molecule has 2 aromatic rings. The minimum atomic E-state index is 0.0348. The standard InChI is InChI=1S/C18H24N4O2/c1-14(2)13-24-17-7-6-15(11-19-17)18(23)22-10-3-5-16(22)12-21-9-4-8-20-21/h4,6-9,11,14,16H,3,5,10,12-13H2,1-2H3. The number of hydrogen-bond acceptors (Lipinski definition) is 4. The predicted molar refractivity (Wildman–Crippen MR) is 90.9 cm³/mol. The van der Waals surface area contributed by atoms with Crippen molar-refractivity contribution in [2.24, 2.45) is 5.92 Å². The smallest absolute Gasteiger partial charge is 0.255 e. The molecular weight excluding hydrogens is 304 g/mol. The Morgan fingerprint density at radius 1 is 1.42 bits per heavy atom. The lowest BCUT2D eigenvalue weighted by Gasteiger charge is -2.24. The largest absolute Gasteiger partial charge is 0.477 e. The molecule has 0 spiro atoms. The molecule has 0 aliphatic carbocycles. The molecule has 0 aromatic carbocycles. The number of amides is 1. The lowest BCUT2D eigenvalue weighted by Crippen LogP contribution is -2.38. The highest BCUT2D eigenvalue weighted by atomic mass is 16.5. The second-order valence-corrected chi connectivity index (χ2v) is 6.61. The quantitative estimate of drug-likeness (QED) is 0.818. The Morgan fingerprint density at radius 3 is 2.96 bits per heavy atom. The molecule has 0 bridgehead atoms. The number of aromatic nitrogens is 3. The Balaban J connectivity index is 1.64. The average molecular weight is 328 g/mol. The summed E-state index contributed by atoms with van der Waals surface area (Å²) in [4.78, 5) is 19.0. The lowest BCUT2D eigenvalue weighted by atomic mass is 10.2. The minimum absolute atomic E-state index is 0.0348. The number of nitrogens with zero attached hydrogens (tertiary/aromatic N) is 4. The molecule has 1 amide bonds. The number of ether oxygens (including phenoxy) is 1. The summed E-state index contributed by atoms with van der Waals surface area (Å²) in [5.74, 6) is 1.04. The van der Waals surface area contributed by atoms with Gasteiger partial charge in [-0.05, 0) is 30.9 Å². The van der Waals surface area contributed by atoms with E-state index in [1.165, 1.54) is 0 Å². The van der Waals surface area contributed by atoms with Crippen molar-refractivity contribution in [3.63, 3.8) is 0 Å². The number of rotatable bonds is 6. The van der Waals surface area contributed by atoms with E-state index in [1.54, 1.807) is 24.5 Å². The predicted octanol–water partition coefficient (Wildman–Crippen LogP) is 2.62. The Labute approximate surface area is 142 Å². The van der Waals surface area contributed by atoms with Crippen LogP contribution in [0.2, 0.25) is 0 Å². The van der Waals surface area contributed by atoms with Crippen molar-refractivity contribution < 1.29 is 9.53 Å². The molecule has 128 valence electrons. The SMILES string of the molecule is CC(C)COc1ccc(C(=O)N2CCCC2Cn2cccn2)cn1. The van der Waals surface area contributed by atoms with Gasteiger partial charge in [0.05, 0.1) is 24.8 Å². The van der Waals surface area contributed by atoms with Gasteiger partial charge < -0.3 is 9.64 Å². The molecule has 3 rings (SSSR count). The van der Waals surface area contributed by atoms with E-state index in [4.69, 9.17) is 4.74 Å². The van der Waals surface area contributed by atoms with Crippen LogP contribution in [0.5, 0.6) is 5.88 Å². The van der Waals surface area contributed by atoms with Crippen molar-refractivity contribution in [1.29, 1.82) is 0 Å². The van der Waals surface area contributed by atoms with Gasteiger partial charge >= 0.3 is 0 Å². The van der Waals surface area contributed by atoms with Gasteiger partial charge in [-0.15, -0.1) is 0 Å². The molecule has 0 radical (unpaired) electrons. The molecule has 1 fully saturated rings. The molecule has 0 saturated carbocycles. The van der Waals surface area contributed by atoms with E-state index < -0.39 is 0 Å². The molecule has 24 heavy (non-hydrogen) atoms. The van der Waals surface area contributed by atoms with E-state index in [1.807, 2.05) is 21.8 Å². The van der Waals surface area contributed by atoms with Crippen LogP contribution in [0, 0.1) is 5.92 Å². The van der Waals surface area contributed by atoms with Gasteiger partial charge in [-0.1, -0.05) is 13.8 Å². The van der Waals surface area contributed by atoms with Crippen LogP contribution in [0.25, 0.3) is 0 Å². The van der Waals surface area contributed by atoms with E-state index in [2.05, 4.69) is 23.9 Å². The zero-order valence-corrected chi connectivity index (χ0v) is 14.3. The van der Waals surface area contributed by atoms with Crippen LogP contribution in [0.15, 0.2) is 36.8 Å². The molecule has 1 saturated heterocycles. The summed E-state index contributed by atoms with van der Waals surface area (Å²) in [6.45, 7) is 6.33. The van der Waals surface area contributed by atoms with Crippen molar-refractivity contribution >= 4 is 5.91 Å². The highest BCUT2D eigenvalue weighted by Gasteiger charge is 2.29. The molecule has 1 aliphatic heterocycles. The number of likely N-dealkylation sites (tertiary alicyclic amines) is 1. The van der Waals surface area contributed by atoms with E-state index in [9.17, 15) is 4.79 Å². The monoisotopic (exact) mass is 328 g/mol. The summed E-state index contributed by atoms with van der Waals surface area (Å²) in [5.41, 5.74) is 0.610. The van der Waals surface area contributed by atoms with Gasteiger partial charge in [0, 0.05) is 31.2 Å². The summed E-state index contributed by atoms with van der Waals surface area (Å²) < 4.78 is 7.46. The van der Waals surface area contributed by atoms with Gasteiger partial charge in [0.1, 0.15) is 0 Å². The topological polar surface area (TPSA) is 60.2 Å². The summed E-state index contributed by atoms with van der Waals surface area (Å²) >= 11 is 0. The molecule has 3 heterocycles. The maximum Gasteiger partial charge on any atom is 0.255 e. The highest BCUT2D eigenvalue weighted by Crippen LogP contribution is 2.22. The van der Waals surface area contributed by atoms with Crippen molar-refractivity contribution in [2.45, 2.75) is 39.3 Å². The first kappa shape index (κ1) is 16.5. The second-order valence-electron chi connectivity index (χ2n) is 6.61. The second kappa shape index (κ2) is 7.47. The Kier molecular flexibility index (Phi) is 5.13. The average Bonchev–Trinajstić information content (AvgIpc) is 3.25. The minimum Gasteiger partial charge on any atom is -0.477 e. The van der Waals surface area contributed by atoms with Crippen molar-refractivity contribution in [1.82, 2.24) is 19.7 Å². The van der Waals surface area contributed by atoms with E-state index in [0.717, 1.165) is 25.9 Å². The first-order valence-corrected chi connectivity index (χ1v) is 8.50. The summed E-state index contributed by atoms with van der Waals surface area (Å²) in [6.07, 6.45) is 7.35. The molecular formula is C18H24N4O2. The van der Waals surface area contributed by atoms with E-state index in [-0.39, 0.29) is 11.9 Å². The molecule has 6 nitrogen and oxygen atoms in total. The summed E-state index contributed by atoms with van der Waals surface area (Å²) in [7, 11) is 0. The molecule has 2 aromatic heterocycles. The third-order valence-electron chi connectivity index (χ3n) is 4.14. The van der Waals surface area contributed by atoms with Crippen molar-refractivity contribution in [3.05, 3.63) is 42.4 Å². The fourth-order valence-corrected chi connectivity index (χ4v) is 2.93. The third-order valence-corrected chi connectivity index (χ3v) is 4.14. The zero-order chi connectivity index (χ0) is 16.9. The van der Waals surface area contributed by atoms with Gasteiger partial charge in [-0.3, -0.25) is 9.48 Å². The first-order chi connectivity index (χ1) is 11.6. The van der Waals surface area contributed by atoms with Crippen LogP contribution in [-0.4, -0.2) is 44.8 Å². The summed E-state index contributed by atoms with van der Waals surface area (Å²) in [5, 5.41) is 4.24. The van der Waals surface area contributed by atoms with Crippen LogP contribution >= 0.6 is 0 Å². The van der Waals surface area contributed by atoms with Gasteiger partial charge in [0.2, 0.25) is 5.88 Å². The summed E-state index contributed by atoms with van der Waals surface area (Å²) in [6, 6.07) is 5.66. The maximum absolute atomic E-state index is 12.8. The van der Waals surface area contributed by atoms with Crippen molar-refractivity contribution in [2.75, 3.05) is 13.2 Å². The molecule has 6 heteroatoms. The number of pyridine rings is 1. The number of carbonyl (C=O) groups excluding carboxylic acids is 1. The normalized spacial score (nSPS) is 17.5. The Hall–Kier alpha value is -2.37. The fourth-order valence-electron chi connectivity index (χ4n) is 2.93. The first-order valence-electron chi connectivity index (χ1n) is 8.50. The van der Waals surface area contributed by atoms with Crippen LogP contribution in [-0.2, 0) is 6.54 Å². The molecule has 1 unspecified atom stereocenters. The number of carbonyl (C=O) groups is 1. The van der Waals surface area contributed by atoms with Crippen LogP contribution in [0.1, 0.15) is 37.0 Å². The van der Waals surface area contributed by atoms with Crippen LogP contribution in [0.3, 0.4) is 0 Å². The van der Waals surface area contributed by atoms with Crippen molar-refractivity contribution in [3.8, 4) is 5.88 Å². The van der Waals surface area contributed by atoms with Gasteiger partial charge in [0.25, 0.3) is 5.91 Å². The Morgan fingerprint density at radius 2 is 2.29 bits per heavy atom. The third kappa shape index (κ3) is 3.93. The Bertz CT molecular complexity index is 652. The van der Waals surface area contributed by atoms with E-state index >= 15 is 0 Å². The zero-order valence-electron chi connectivity index (χ0n) is 14.3. The lowest BCUT2D eigenvalue weighted by molar-refractivity contribution is 0.0721. The molecule has 1 atom stereocenters. The fraction of sp³-hybridized carbons (Fsp3) is 0.500.